The Labute approximate surface area is 204 Å². The van der Waals surface area contributed by atoms with Gasteiger partial charge in [0.15, 0.2) is 11.5 Å². The zero-order chi connectivity index (χ0) is 24.9. The van der Waals surface area contributed by atoms with Gasteiger partial charge in [0, 0.05) is 55.5 Å². The van der Waals surface area contributed by atoms with E-state index in [1.165, 1.54) is 21.3 Å². The van der Waals surface area contributed by atoms with Gasteiger partial charge in [0.25, 0.3) is 0 Å². The highest BCUT2D eigenvalue weighted by Gasteiger charge is 2.38. The molecule has 0 saturated carbocycles. The van der Waals surface area contributed by atoms with Crippen molar-refractivity contribution in [1.29, 1.82) is 0 Å². The van der Waals surface area contributed by atoms with Crippen molar-refractivity contribution in [3.63, 3.8) is 0 Å². The molecule has 0 aromatic heterocycles. The fraction of sp³-hybridized carbons (Fsp3) is 0.423. The summed E-state index contributed by atoms with van der Waals surface area (Å²) in [6.45, 7) is 1.37. The lowest BCUT2D eigenvalue weighted by atomic mass is 9.94. The van der Waals surface area contributed by atoms with Crippen molar-refractivity contribution in [2.24, 2.45) is 11.8 Å². The van der Waals surface area contributed by atoms with Crippen molar-refractivity contribution in [3.05, 3.63) is 42.5 Å². The molecule has 2 aromatic carbocycles. The van der Waals surface area contributed by atoms with E-state index in [-0.39, 0.29) is 36.0 Å². The predicted molar refractivity (Wildman–Crippen MR) is 131 cm³/mol. The Balaban J connectivity index is 1.33. The van der Waals surface area contributed by atoms with Crippen LogP contribution in [0.15, 0.2) is 42.5 Å². The zero-order valence-corrected chi connectivity index (χ0v) is 20.3. The smallest absolute Gasteiger partial charge is 0.228 e. The average molecular weight is 482 g/mol. The first-order chi connectivity index (χ1) is 16.9. The van der Waals surface area contributed by atoms with Crippen molar-refractivity contribution in [3.8, 4) is 17.2 Å². The molecule has 3 amide bonds. The first-order valence-corrected chi connectivity index (χ1v) is 11.7. The van der Waals surface area contributed by atoms with Crippen LogP contribution in [0.25, 0.3) is 0 Å². The van der Waals surface area contributed by atoms with Crippen molar-refractivity contribution in [2.75, 3.05) is 51.2 Å². The van der Waals surface area contributed by atoms with E-state index < -0.39 is 0 Å². The minimum atomic E-state index is -0.354. The van der Waals surface area contributed by atoms with Crippen LogP contribution < -0.4 is 24.4 Å². The number of piperidine rings is 1. The SMILES string of the molecule is COc1cc(NC(=O)C2CCN(C(=O)C3CC(=O)N(c4ccccc4)C3)CC2)cc(OC)c1OC. The molecule has 2 fully saturated rings. The third kappa shape index (κ3) is 5.18. The molecule has 2 saturated heterocycles. The molecule has 186 valence electrons. The van der Waals surface area contributed by atoms with Gasteiger partial charge in [-0.3, -0.25) is 14.4 Å². The summed E-state index contributed by atoms with van der Waals surface area (Å²) in [7, 11) is 4.56. The van der Waals surface area contributed by atoms with Crippen LogP contribution in [-0.2, 0) is 14.4 Å². The molecule has 2 heterocycles. The molecule has 9 nitrogen and oxygen atoms in total. The number of para-hydroxylation sites is 1. The Kier molecular flexibility index (Phi) is 7.43. The normalized spacial score (nSPS) is 18.4. The van der Waals surface area contributed by atoms with Crippen molar-refractivity contribution in [1.82, 2.24) is 4.90 Å². The summed E-state index contributed by atoms with van der Waals surface area (Å²) in [5, 5.41) is 2.93. The van der Waals surface area contributed by atoms with E-state index >= 15 is 0 Å². The molecule has 35 heavy (non-hydrogen) atoms. The van der Waals surface area contributed by atoms with Gasteiger partial charge in [0.2, 0.25) is 23.5 Å². The lowest BCUT2D eigenvalue weighted by Gasteiger charge is -2.33. The number of rotatable bonds is 7. The fourth-order valence-electron chi connectivity index (χ4n) is 4.75. The second-order valence-corrected chi connectivity index (χ2v) is 8.74. The Morgan fingerprint density at radius 2 is 1.54 bits per heavy atom. The number of anilines is 2. The number of hydrogen-bond donors (Lipinski definition) is 1. The molecule has 1 unspecified atom stereocenters. The first-order valence-electron chi connectivity index (χ1n) is 11.7. The second-order valence-electron chi connectivity index (χ2n) is 8.74. The number of hydrogen-bond acceptors (Lipinski definition) is 6. The highest BCUT2D eigenvalue weighted by atomic mass is 16.5. The molecule has 0 radical (unpaired) electrons. The maximum Gasteiger partial charge on any atom is 0.228 e. The van der Waals surface area contributed by atoms with Gasteiger partial charge in [0.05, 0.1) is 27.2 Å². The Hall–Kier alpha value is -3.75. The number of ether oxygens (including phenoxy) is 3. The standard InChI is InChI=1S/C26H31N3O6/c1-33-21-14-19(15-22(34-2)24(21)35-3)27-25(31)17-9-11-28(12-10-17)26(32)18-13-23(30)29(16-18)20-7-5-4-6-8-20/h4-8,14-15,17-18H,9-13,16H2,1-3H3,(H,27,31). The van der Waals surface area contributed by atoms with Crippen molar-refractivity contribution < 1.29 is 28.6 Å². The van der Waals surface area contributed by atoms with Crippen LogP contribution in [0.1, 0.15) is 19.3 Å². The molecule has 0 aliphatic carbocycles. The summed E-state index contributed by atoms with van der Waals surface area (Å²) in [5.74, 6) is 0.635. The lowest BCUT2D eigenvalue weighted by Crippen LogP contribution is -2.44. The van der Waals surface area contributed by atoms with Crippen LogP contribution in [0.2, 0.25) is 0 Å². The summed E-state index contributed by atoms with van der Waals surface area (Å²) in [6.07, 6.45) is 1.34. The molecule has 2 aliphatic rings. The van der Waals surface area contributed by atoms with Crippen molar-refractivity contribution >= 4 is 29.1 Å². The third-order valence-corrected chi connectivity index (χ3v) is 6.65. The molecular formula is C26H31N3O6. The van der Waals surface area contributed by atoms with Gasteiger partial charge in [0.1, 0.15) is 0 Å². The number of amides is 3. The zero-order valence-electron chi connectivity index (χ0n) is 20.3. The van der Waals surface area contributed by atoms with Gasteiger partial charge >= 0.3 is 0 Å². The molecule has 9 heteroatoms. The fourth-order valence-corrected chi connectivity index (χ4v) is 4.75. The van der Waals surface area contributed by atoms with Crippen LogP contribution in [-0.4, -0.2) is 63.6 Å². The van der Waals surface area contributed by atoms with E-state index in [1.807, 2.05) is 30.3 Å². The van der Waals surface area contributed by atoms with E-state index in [1.54, 1.807) is 21.9 Å². The Bertz CT molecular complexity index is 1060. The molecule has 4 rings (SSSR count). The average Bonchev–Trinajstić information content (AvgIpc) is 3.29. The molecule has 1 atom stereocenters. The topological polar surface area (TPSA) is 97.4 Å². The van der Waals surface area contributed by atoms with Crippen molar-refractivity contribution in [2.45, 2.75) is 19.3 Å². The van der Waals surface area contributed by atoms with Gasteiger partial charge < -0.3 is 29.3 Å². The number of carbonyl (C=O) groups excluding carboxylic acids is 3. The van der Waals surface area contributed by atoms with Crippen LogP contribution >= 0.6 is 0 Å². The van der Waals surface area contributed by atoms with Gasteiger partial charge in [-0.2, -0.15) is 0 Å². The third-order valence-electron chi connectivity index (χ3n) is 6.65. The van der Waals surface area contributed by atoms with Gasteiger partial charge in [-0.05, 0) is 25.0 Å². The highest BCUT2D eigenvalue weighted by Crippen LogP contribution is 2.40. The van der Waals surface area contributed by atoms with E-state index in [2.05, 4.69) is 5.32 Å². The van der Waals surface area contributed by atoms with Gasteiger partial charge in [-0.15, -0.1) is 0 Å². The van der Waals surface area contributed by atoms with E-state index in [9.17, 15) is 14.4 Å². The monoisotopic (exact) mass is 481 g/mol. The van der Waals surface area contributed by atoms with E-state index in [0.717, 1.165) is 5.69 Å². The Morgan fingerprint density at radius 3 is 2.11 bits per heavy atom. The molecule has 2 aliphatic heterocycles. The molecule has 0 bridgehead atoms. The number of carbonyl (C=O) groups is 3. The second kappa shape index (κ2) is 10.7. The molecule has 1 N–H and O–H groups in total. The quantitative estimate of drug-likeness (QED) is 0.653. The van der Waals surface area contributed by atoms with Crippen LogP contribution in [0.4, 0.5) is 11.4 Å². The number of methoxy groups -OCH3 is 3. The Morgan fingerprint density at radius 1 is 0.914 bits per heavy atom. The minimum Gasteiger partial charge on any atom is -0.493 e. The maximum atomic E-state index is 13.1. The number of nitrogens with one attached hydrogen (secondary N) is 1. The van der Waals surface area contributed by atoms with E-state index in [0.29, 0.717) is 55.4 Å². The molecule has 2 aromatic rings. The number of benzene rings is 2. The molecular weight excluding hydrogens is 450 g/mol. The van der Waals surface area contributed by atoms with Crippen LogP contribution in [0.3, 0.4) is 0 Å². The summed E-state index contributed by atoms with van der Waals surface area (Å²) >= 11 is 0. The predicted octanol–water partition coefficient (Wildman–Crippen LogP) is 2.94. The summed E-state index contributed by atoms with van der Waals surface area (Å²) in [6, 6.07) is 12.8. The van der Waals surface area contributed by atoms with Gasteiger partial charge in [-0.25, -0.2) is 0 Å². The summed E-state index contributed by atoms with van der Waals surface area (Å²) < 4.78 is 16.0. The maximum absolute atomic E-state index is 13.1. The highest BCUT2D eigenvalue weighted by molar-refractivity contribution is 6.00. The number of nitrogens with zero attached hydrogens (tertiary/aromatic N) is 2. The minimum absolute atomic E-state index is 0.0136. The largest absolute Gasteiger partial charge is 0.493 e. The van der Waals surface area contributed by atoms with E-state index in [4.69, 9.17) is 14.2 Å². The van der Waals surface area contributed by atoms with Crippen LogP contribution in [0, 0.1) is 11.8 Å². The first kappa shape index (κ1) is 24.4. The summed E-state index contributed by atoms with van der Waals surface area (Å²) in [5.41, 5.74) is 1.36. The van der Waals surface area contributed by atoms with Crippen LogP contribution in [0.5, 0.6) is 17.2 Å². The summed E-state index contributed by atoms with van der Waals surface area (Å²) in [4.78, 5) is 42.0. The number of likely N-dealkylation sites (tertiary alicyclic amines) is 1. The van der Waals surface area contributed by atoms with Gasteiger partial charge in [-0.1, -0.05) is 18.2 Å². The molecule has 0 spiro atoms. The lowest BCUT2D eigenvalue weighted by molar-refractivity contribution is -0.138.